The van der Waals surface area contributed by atoms with Gasteiger partial charge in [0.05, 0.1) is 17.5 Å². The number of hydrogen-bond donors (Lipinski definition) is 1. The van der Waals surface area contributed by atoms with Crippen molar-refractivity contribution in [2.45, 2.75) is 6.10 Å². The smallest absolute Gasteiger partial charge is 0.289 e. The van der Waals surface area contributed by atoms with Crippen LogP contribution in [0.2, 0.25) is 10.0 Å². The van der Waals surface area contributed by atoms with Crippen molar-refractivity contribution in [2.75, 3.05) is 39.3 Å². The number of piperazine rings is 1. The number of carbonyl (C=O) groups excluding carboxylic acids is 1. The first-order chi connectivity index (χ1) is 20.4. The van der Waals surface area contributed by atoms with Crippen LogP contribution in [0.1, 0.15) is 10.6 Å². The number of rotatable bonds is 8. The lowest BCUT2D eigenvalue weighted by atomic mass is 9.98. The molecule has 5 aromatic rings. The second-order valence-electron chi connectivity index (χ2n) is 10.3. The highest BCUT2D eigenvalue weighted by Crippen LogP contribution is 2.37. The Balaban J connectivity index is 1.08. The minimum atomic E-state index is -0.663. The number of hydrogen-bond acceptors (Lipinski definition) is 6. The number of benzene rings is 3. The predicted molar refractivity (Wildman–Crippen MR) is 165 cm³/mol. The SMILES string of the molecule is O=C(c1ccco1)N1CCN(CC(O)COc2ccc(-c3cc(-c4ccccc4Cl)c4cc(Cl)ccc4n3)cc2)CC1. The zero-order valence-electron chi connectivity index (χ0n) is 22.7. The third-order valence-electron chi connectivity index (χ3n) is 7.39. The minimum absolute atomic E-state index is 0.102. The monoisotopic (exact) mass is 601 g/mol. The molecule has 3 heterocycles. The average molecular weight is 603 g/mol. The molecule has 1 aliphatic heterocycles. The highest BCUT2D eigenvalue weighted by molar-refractivity contribution is 6.34. The molecule has 0 spiro atoms. The Bertz CT molecular complexity index is 1680. The fourth-order valence-electron chi connectivity index (χ4n) is 5.20. The number of β-amino-alcohol motifs (C(OH)–C–C–N with tert-alkyl or cyclic N) is 1. The van der Waals surface area contributed by atoms with E-state index in [2.05, 4.69) is 4.90 Å². The number of fused-ring (bicyclic) bond motifs is 1. The maximum absolute atomic E-state index is 12.5. The zero-order chi connectivity index (χ0) is 29.1. The summed E-state index contributed by atoms with van der Waals surface area (Å²) in [5.74, 6) is 0.908. The Morgan fingerprint density at radius 3 is 2.45 bits per heavy atom. The summed E-state index contributed by atoms with van der Waals surface area (Å²) in [5, 5.41) is 12.8. The van der Waals surface area contributed by atoms with Crippen molar-refractivity contribution >= 4 is 40.0 Å². The number of aliphatic hydroxyl groups is 1. The summed E-state index contributed by atoms with van der Waals surface area (Å²) in [4.78, 5) is 21.3. The van der Waals surface area contributed by atoms with E-state index in [0.717, 1.165) is 33.3 Å². The van der Waals surface area contributed by atoms with Crippen LogP contribution >= 0.6 is 23.2 Å². The van der Waals surface area contributed by atoms with E-state index >= 15 is 0 Å². The van der Waals surface area contributed by atoms with Crippen LogP contribution in [0.5, 0.6) is 5.75 Å². The van der Waals surface area contributed by atoms with Gasteiger partial charge in [0, 0.05) is 59.3 Å². The highest BCUT2D eigenvalue weighted by Gasteiger charge is 2.25. The summed E-state index contributed by atoms with van der Waals surface area (Å²) < 4.78 is 11.1. The number of furan rings is 1. The lowest BCUT2D eigenvalue weighted by Gasteiger charge is -2.35. The molecule has 7 nitrogen and oxygen atoms in total. The number of aliphatic hydroxyl groups excluding tert-OH is 1. The molecule has 3 aromatic carbocycles. The summed E-state index contributed by atoms with van der Waals surface area (Å²) in [7, 11) is 0. The number of amides is 1. The molecule has 1 amide bonds. The molecule has 6 rings (SSSR count). The van der Waals surface area contributed by atoms with Gasteiger partial charge in [0.25, 0.3) is 5.91 Å². The van der Waals surface area contributed by atoms with E-state index in [1.807, 2.05) is 72.8 Å². The Hall–Kier alpha value is -3.88. The molecule has 0 aliphatic carbocycles. The molecule has 0 saturated carbocycles. The quantitative estimate of drug-likeness (QED) is 0.214. The van der Waals surface area contributed by atoms with Gasteiger partial charge in [-0.05, 0) is 72.3 Å². The highest BCUT2D eigenvalue weighted by atomic mass is 35.5. The van der Waals surface area contributed by atoms with Crippen molar-refractivity contribution in [1.29, 1.82) is 0 Å². The summed E-state index contributed by atoms with van der Waals surface area (Å²) in [6.07, 6.45) is 0.840. The third-order valence-corrected chi connectivity index (χ3v) is 7.95. The number of nitrogens with zero attached hydrogens (tertiary/aromatic N) is 3. The maximum atomic E-state index is 12.5. The molecular weight excluding hydrogens is 573 g/mol. The average Bonchev–Trinajstić information content (AvgIpc) is 3.56. The fourth-order valence-corrected chi connectivity index (χ4v) is 5.61. The van der Waals surface area contributed by atoms with Gasteiger partial charge in [-0.25, -0.2) is 4.98 Å². The van der Waals surface area contributed by atoms with Gasteiger partial charge in [0.1, 0.15) is 18.5 Å². The van der Waals surface area contributed by atoms with Gasteiger partial charge in [-0.15, -0.1) is 0 Å². The molecule has 214 valence electrons. The number of carbonyl (C=O) groups is 1. The summed E-state index contributed by atoms with van der Waals surface area (Å²) in [6, 6.07) is 26.5. The second-order valence-corrected chi connectivity index (χ2v) is 11.1. The minimum Gasteiger partial charge on any atom is -0.491 e. The Morgan fingerprint density at radius 1 is 0.929 bits per heavy atom. The molecule has 1 N–H and O–H groups in total. The standard InChI is InChI=1S/C33H29Cl2N3O4/c34-23-9-12-30-28(18-23)27(26-4-1-2-5-29(26)35)19-31(36-30)22-7-10-25(11-8-22)42-21-24(39)20-37-13-15-38(16-14-37)33(40)32-6-3-17-41-32/h1-12,17-19,24,39H,13-16,20-21H2. The molecule has 1 fully saturated rings. The van der Waals surface area contributed by atoms with Crippen LogP contribution in [0.3, 0.4) is 0 Å². The first-order valence-electron chi connectivity index (χ1n) is 13.8. The molecule has 0 bridgehead atoms. The topological polar surface area (TPSA) is 79.0 Å². The van der Waals surface area contributed by atoms with Crippen LogP contribution in [0.4, 0.5) is 0 Å². The van der Waals surface area contributed by atoms with Gasteiger partial charge in [-0.2, -0.15) is 0 Å². The Morgan fingerprint density at radius 2 is 1.71 bits per heavy atom. The molecule has 1 aliphatic rings. The van der Waals surface area contributed by atoms with Crippen LogP contribution in [0.15, 0.2) is 95.6 Å². The normalized spacial score (nSPS) is 14.7. The van der Waals surface area contributed by atoms with Crippen LogP contribution in [0.25, 0.3) is 33.3 Å². The molecule has 1 saturated heterocycles. The molecule has 1 unspecified atom stereocenters. The second kappa shape index (κ2) is 12.5. The molecule has 2 aromatic heterocycles. The van der Waals surface area contributed by atoms with Crippen molar-refractivity contribution in [1.82, 2.24) is 14.8 Å². The van der Waals surface area contributed by atoms with Crippen molar-refractivity contribution in [3.05, 3.63) is 107 Å². The van der Waals surface area contributed by atoms with E-state index in [4.69, 9.17) is 37.3 Å². The van der Waals surface area contributed by atoms with Crippen LogP contribution < -0.4 is 4.74 Å². The van der Waals surface area contributed by atoms with E-state index in [1.54, 1.807) is 17.0 Å². The molecule has 42 heavy (non-hydrogen) atoms. The number of halogens is 2. The van der Waals surface area contributed by atoms with Crippen LogP contribution in [-0.2, 0) is 0 Å². The van der Waals surface area contributed by atoms with Crippen LogP contribution in [-0.4, -0.2) is 71.2 Å². The van der Waals surface area contributed by atoms with Crippen molar-refractivity contribution in [3.63, 3.8) is 0 Å². The summed E-state index contributed by atoms with van der Waals surface area (Å²) >= 11 is 12.9. The van der Waals surface area contributed by atoms with E-state index in [-0.39, 0.29) is 12.5 Å². The van der Waals surface area contributed by atoms with Gasteiger partial charge < -0.3 is 19.2 Å². The van der Waals surface area contributed by atoms with Gasteiger partial charge in [-0.3, -0.25) is 9.69 Å². The van der Waals surface area contributed by atoms with Crippen molar-refractivity contribution < 1.29 is 19.1 Å². The van der Waals surface area contributed by atoms with Gasteiger partial charge in [-0.1, -0.05) is 41.4 Å². The molecule has 1 atom stereocenters. The molecule has 0 radical (unpaired) electrons. The zero-order valence-corrected chi connectivity index (χ0v) is 24.3. The Labute approximate surface area is 253 Å². The lowest BCUT2D eigenvalue weighted by molar-refractivity contribution is 0.0389. The molecular formula is C33H29Cl2N3O4. The number of ether oxygens (including phenoxy) is 1. The largest absolute Gasteiger partial charge is 0.491 e. The Kier molecular flexibility index (Phi) is 8.44. The third kappa shape index (κ3) is 6.30. The predicted octanol–water partition coefficient (Wildman–Crippen LogP) is 6.67. The van der Waals surface area contributed by atoms with E-state index in [9.17, 15) is 9.90 Å². The fraction of sp³-hybridized carbons (Fsp3) is 0.212. The van der Waals surface area contributed by atoms with Gasteiger partial charge in [0.2, 0.25) is 0 Å². The maximum Gasteiger partial charge on any atom is 0.289 e. The van der Waals surface area contributed by atoms with E-state index in [1.165, 1.54) is 6.26 Å². The first kappa shape index (κ1) is 28.2. The number of aromatic nitrogens is 1. The van der Waals surface area contributed by atoms with Gasteiger partial charge >= 0.3 is 0 Å². The van der Waals surface area contributed by atoms with E-state index in [0.29, 0.717) is 54.3 Å². The molecule has 9 heteroatoms. The summed E-state index contributed by atoms with van der Waals surface area (Å²) in [6.45, 7) is 3.16. The van der Waals surface area contributed by atoms with Crippen molar-refractivity contribution in [3.8, 4) is 28.1 Å². The van der Waals surface area contributed by atoms with Gasteiger partial charge in [0.15, 0.2) is 5.76 Å². The first-order valence-corrected chi connectivity index (χ1v) is 14.5. The van der Waals surface area contributed by atoms with Crippen molar-refractivity contribution in [2.24, 2.45) is 0 Å². The van der Waals surface area contributed by atoms with Crippen LogP contribution in [0, 0.1) is 0 Å². The van der Waals surface area contributed by atoms with E-state index < -0.39 is 6.10 Å². The number of pyridine rings is 1. The lowest BCUT2D eigenvalue weighted by Crippen LogP contribution is -2.50. The summed E-state index contributed by atoms with van der Waals surface area (Å²) in [5.41, 5.74) is 4.42.